The number of nitrogens with zero attached hydrogens (tertiary/aromatic N) is 3. The van der Waals surface area contributed by atoms with Crippen LogP contribution in [-0.4, -0.2) is 56.0 Å². The maximum absolute atomic E-state index is 12.3. The summed E-state index contributed by atoms with van der Waals surface area (Å²) >= 11 is 0. The van der Waals surface area contributed by atoms with Crippen molar-refractivity contribution in [3.05, 3.63) is 30.3 Å². The summed E-state index contributed by atoms with van der Waals surface area (Å²) in [7, 11) is 0. The van der Waals surface area contributed by atoms with E-state index in [2.05, 4.69) is 34.3 Å². The van der Waals surface area contributed by atoms with E-state index in [1.807, 2.05) is 23.1 Å². The first-order valence-corrected chi connectivity index (χ1v) is 9.32. The third-order valence-electron chi connectivity index (χ3n) is 4.47. The largest absolute Gasteiger partial charge is 0.370 e. The van der Waals surface area contributed by atoms with E-state index >= 15 is 0 Å². The van der Waals surface area contributed by atoms with Gasteiger partial charge in [-0.1, -0.05) is 44.4 Å². The minimum Gasteiger partial charge on any atom is -0.370 e. The molecule has 146 valence electrons. The lowest BCUT2D eigenvalue weighted by Crippen LogP contribution is -2.49. The number of piperazine rings is 1. The fourth-order valence-corrected chi connectivity index (χ4v) is 2.93. The van der Waals surface area contributed by atoms with Crippen molar-refractivity contribution in [3.63, 3.8) is 0 Å². The smallest absolute Gasteiger partial charge is 0.244 e. The number of carbonyl (C=O) groups is 1. The van der Waals surface area contributed by atoms with Gasteiger partial charge in [0.2, 0.25) is 5.91 Å². The van der Waals surface area contributed by atoms with Crippen LogP contribution in [0, 0.1) is 0 Å². The van der Waals surface area contributed by atoms with Crippen molar-refractivity contribution in [2.75, 3.05) is 44.2 Å². The van der Waals surface area contributed by atoms with Gasteiger partial charge in [-0.05, 0) is 18.6 Å². The number of nitrogens with two attached hydrogens (primary N) is 1. The van der Waals surface area contributed by atoms with Crippen LogP contribution in [0.3, 0.4) is 0 Å². The lowest BCUT2D eigenvalue weighted by molar-refractivity contribution is -0.129. The van der Waals surface area contributed by atoms with Crippen molar-refractivity contribution < 1.29 is 4.79 Å². The molecule has 1 aromatic carbocycles. The van der Waals surface area contributed by atoms with Gasteiger partial charge >= 0.3 is 0 Å². The molecular formula is C19H32IN5O. The molecule has 1 amide bonds. The Morgan fingerprint density at radius 3 is 2.46 bits per heavy atom. The van der Waals surface area contributed by atoms with E-state index in [1.54, 1.807) is 0 Å². The summed E-state index contributed by atoms with van der Waals surface area (Å²) in [5.41, 5.74) is 7.04. The minimum absolute atomic E-state index is 0. The van der Waals surface area contributed by atoms with E-state index in [1.165, 1.54) is 24.9 Å². The first-order valence-electron chi connectivity index (χ1n) is 9.32. The van der Waals surface area contributed by atoms with Gasteiger partial charge in [-0.3, -0.25) is 4.79 Å². The van der Waals surface area contributed by atoms with Crippen LogP contribution < -0.4 is 16.0 Å². The van der Waals surface area contributed by atoms with E-state index in [0.717, 1.165) is 39.1 Å². The summed E-state index contributed by atoms with van der Waals surface area (Å²) in [5.74, 6) is 0.413. The Hall–Kier alpha value is -1.51. The molecule has 0 atom stereocenters. The summed E-state index contributed by atoms with van der Waals surface area (Å²) in [4.78, 5) is 20.6. The van der Waals surface area contributed by atoms with Crippen molar-refractivity contribution in [2.24, 2.45) is 10.7 Å². The zero-order valence-electron chi connectivity index (χ0n) is 15.7. The highest BCUT2D eigenvalue weighted by molar-refractivity contribution is 14.0. The number of hydrogen-bond donors (Lipinski definition) is 2. The lowest BCUT2D eigenvalue weighted by atomic mass is 10.2. The quantitative estimate of drug-likeness (QED) is 0.263. The number of anilines is 1. The number of rotatable bonds is 8. The third-order valence-corrected chi connectivity index (χ3v) is 4.47. The Bertz CT molecular complexity index is 544. The van der Waals surface area contributed by atoms with Crippen LogP contribution in [0.15, 0.2) is 35.3 Å². The van der Waals surface area contributed by atoms with E-state index in [0.29, 0.717) is 5.96 Å². The monoisotopic (exact) mass is 473 g/mol. The van der Waals surface area contributed by atoms with Crippen LogP contribution in [0.1, 0.15) is 32.6 Å². The van der Waals surface area contributed by atoms with Gasteiger partial charge in [-0.25, -0.2) is 4.99 Å². The highest BCUT2D eigenvalue weighted by Gasteiger charge is 2.20. The number of guanidine groups is 1. The SMILES string of the molecule is CCCCCCNC(N)=NCC(=O)N1CCN(c2ccccc2)CC1.I. The molecule has 0 bridgehead atoms. The van der Waals surface area contributed by atoms with Crippen LogP contribution in [-0.2, 0) is 4.79 Å². The second kappa shape index (κ2) is 12.8. The average molecular weight is 473 g/mol. The van der Waals surface area contributed by atoms with E-state index < -0.39 is 0 Å². The maximum Gasteiger partial charge on any atom is 0.244 e. The van der Waals surface area contributed by atoms with Gasteiger partial charge in [0.1, 0.15) is 6.54 Å². The van der Waals surface area contributed by atoms with E-state index in [4.69, 9.17) is 5.73 Å². The van der Waals surface area contributed by atoms with Crippen molar-refractivity contribution in [3.8, 4) is 0 Å². The number of amides is 1. The molecule has 0 radical (unpaired) electrons. The summed E-state index contributed by atoms with van der Waals surface area (Å²) in [6, 6.07) is 10.3. The molecule has 1 fully saturated rings. The number of hydrogen-bond acceptors (Lipinski definition) is 3. The predicted octanol–water partition coefficient (Wildman–Crippen LogP) is 2.44. The number of halogens is 1. The molecule has 2 rings (SSSR count). The Balaban J connectivity index is 0.00000338. The van der Waals surface area contributed by atoms with Gasteiger partial charge in [0.25, 0.3) is 0 Å². The highest BCUT2D eigenvalue weighted by Crippen LogP contribution is 2.15. The van der Waals surface area contributed by atoms with Crippen molar-refractivity contribution >= 4 is 41.5 Å². The molecular weight excluding hydrogens is 441 g/mol. The zero-order valence-corrected chi connectivity index (χ0v) is 18.0. The van der Waals surface area contributed by atoms with Crippen molar-refractivity contribution in [1.29, 1.82) is 0 Å². The van der Waals surface area contributed by atoms with Crippen molar-refractivity contribution in [2.45, 2.75) is 32.6 Å². The molecule has 1 aromatic rings. The lowest BCUT2D eigenvalue weighted by Gasteiger charge is -2.35. The number of unbranched alkanes of at least 4 members (excludes halogenated alkanes) is 3. The van der Waals surface area contributed by atoms with Gasteiger partial charge in [0, 0.05) is 38.4 Å². The van der Waals surface area contributed by atoms with Gasteiger partial charge in [0.15, 0.2) is 5.96 Å². The molecule has 1 aliphatic heterocycles. The van der Waals surface area contributed by atoms with Gasteiger partial charge < -0.3 is 20.9 Å². The Labute approximate surface area is 174 Å². The van der Waals surface area contributed by atoms with Crippen LogP contribution in [0.5, 0.6) is 0 Å². The van der Waals surface area contributed by atoms with Gasteiger partial charge in [-0.2, -0.15) is 0 Å². The van der Waals surface area contributed by atoms with Crippen LogP contribution >= 0.6 is 24.0 Å². The number of para-hydroxylation sites is 1. The molecule has 6 nitrogen and oxygen atoms in total. The molecule has 1 saturated heterocycles. The first kappa shape index (κ1) is 22.5. The van der Waals surface area contributed by atoms with Crippen LogP contribution in [0.2, 0.25) is 0 Å². The second-order valence-electron chi connectivity index (χ2n) is 6.39. The number of aliphatic imine (C=N–C) groups is 1. The molecule has 0 saturated carbocycles. The second-order valence-corrected chi connectivity index (χ2v) is 6.39. The highest BCUT2D eigenvalue weighted by atomic mass is 127. The minimum atomic E-state index is 0. The Kier molecular flexibility index (Phi) is 11.1. The summed E-state index contributed by atoms with van der Waals surface area (Å²) in [6.07, 6.45) is 4.74. The topological polar surface area (TPSA) is 74.0 Å². The summed E-state index contributed by atoms with van der Waals surface area (Å²) < 4.78 is 0. The number of carbonyl (C=O) groups excluding carboxylic acids is 1. The molecule has 26 heavy (non-hydrogen) atoms. The van der Waals surface area contributed by atoms with Gasteiger partial charge in [0.05, 0.1) is 0 Å². The first-order chi connectivity index (χ1) is 12.2. The van der Waals surface area contributed by atoms with Crippen LogP contribution in [0.25, 0.3) is 0 Å². The summed E-state index contributed by atoms with van der Waals surface area (Å²) in [6.45, 7) is 6.30. The zero-order chi connectivity index (χ0) is 17.9. The normalized spacial score (nSPS) is 14.7. The van der Waals surface area contributed by atoms with E-state index in [-0.39, 0.29) is 36.4 Å². The fourth-order valence-electron chi connectivity index (χ4n) is 2.93. The standard InChI is InChI=1S/C19H31N5O.HI/c1-2-3-4-8-11-21-19(20)22-16-18(25)24-14-12-23(13-15-24)17-9-6-5-7-10-17;/h5-7,9-10H,2-4,8,11-16H2,1H3,(H3,20,21,22);1H. The number of benzene rings is 1. The average Bonchev–Trinajstić information content (AvgIpc) is 2.67. The number of nitrogens with one attached hydrogen (secondary N) is 1. The fraction of sp³-hybridized carbons (Fsp3) is 0.579. The predicted molar refractivity (Wildman–Crippen MR) is 119 cm³/mol. The Morgan fingerprint density at radius 2 is 1.81 bits per heavy atom. The molecule has 0 spiro atoms. The molecule has 0 aromatic heterocycles. The Morgan fingerprint density at radius 1 is 1.12 bits per heavy atom. The van der Waals surface area contributed by atoms with Gasteiger partial charge in [-0.15, -0.1) is 24.0 Å². The molecule has 1 heterocycles. The molecule has 0 unspecified atom stereocenters. The van der Waals surface area contributed by atoms with Crippen molar-refractivity contribution in [1.82, 2.24) is 10.2 Å². The molecule has 0 aliphatic carbocycles. The molecule has 7 heteroatoms. The molecule has 3 N–H and O–H groups in total. The summed E-state index contributed by atoms with van der Waals surface area (Å²) in [5, 5.41) is 3.08. The maximum atomic E-state index is 12.3. The van der Waals surface area contributed by atoms with Crippen LogP contribution in [0.4, 0.5) is 5.69 Å². The molecule has 1 aliphatic rings. The van der Waals surface area contributed by atoms with E-state index in [9.17, 15) is 4.79 Å². The third kappa shape index (κ3) is 7.80.